The quantitative estimate of drug-likeness (QED) is 0.310. The third kappa shape index (κ3) is 4.75. The number of hydrogen-bond acceptors (Lipinski definition) is 5. The number of fused-ring (bicyclic) bond motifs is 3. The first-order valence-corrected chi connectivity index (χ1v) is 15.4. The van der Waals surface area contributed by atoms with Crippen LogP contribution in [0.3, 0.4) is 0 Å². The molecule has 2 saturated heterocycles. The molecule has 4 rings (SSSR count). The number of aromatic nitrogens is 3. The van der Waals surface area contributed by atoms with Crippen molar-refractivity contribution in [2.24, 2.45) is 0 Å². The van der Waals surface area contributed by atoms with Crippen molar-refractivity contribution < 1.29 is 14.6 Å². The summed E-state index contributed by atoms with van der Waals surface area (Å²) < 4.78 is 9.08. The molecule has 2 fully saturated rings. The predicted molar refractivity (Wildman–Crippen MR) is 128 cm³/mol. The molecule has 10 heteroatoms. The Morgan fingerprint density at radius 1 is 1.33 bits per heavy atom. The Hall–Kier alpha value is -1.40. The molecule has 2 aromatic rings. The lowest BCUT2D eigenvalue weighted by atomic mass is 9.97. The molecule has 0 radical (unpaired) electrons. The van der Waals surface area contributed by atoms with Gasteiger partial charge in [-0.25, -0.2) is 14.8 Å². The first-order chi connectivity index (χ1) is 14.2. The zero-order valence-corrected chi connectivity index (χ0v) is 20.9. The van der Waals surface area contributed by atoms with E-state index in [0.717, 1.165) is 58.9 Å². The Labute approximate surface area is 191 Å². The van der Waals surface area contributed by atoms with Crippen molar-refractivity contribution >= 4 is 53.7 Å². The van der Waals surface area contributed by atoms with Crippen molar-refractivity contribution in [3.05, 3.63) is 16.0 Å². The number of nitrogens with zero attached hydrogens (tertiary/aromatic N) is 4. The van der Waals surface area contributed by atoms with Crippen molar-refractivity contribution in [2.75, 3.05) is 11.5 Å². The average molecular weight is 543 g/mol. The maximum Gasteiger partial charge on any atom is 0.404 e. The molecule has 2 N–H and O–H groups in total. The van der Waals surface area contributed by atoms with Gasteiger partial charge in [-0.1, -0.05) is 19.6 Å². The largest absolute Gasteiger partial charge is 0.465 e. The summed E-state index contributed by atoms with van der Waals surface area (Å²) in [6, 6.07) is 1.78. The number of halogens is 1. The molecule has 164 valence electrons. The third-order valence-electron chi connectivity index (χ3n) is 6.06. The topological polar surface area (TPSA) is 92.5 Å². The Morgan fingerprint density at radius 2 is 2.03 bits per heavy atom. The number of amides is 1. The fourth-order valence-corrected chi connectivity index (χ4v) is 6.08. The Balaban J connectivity index is 1.51. The van der Waals surface area contributed by atoms with Crippen LogP contribution in [0.5, 0.6) is 0 Å². The molecule has 2 aromatic heterocycles. The van der Waals surface area contributed by atoms with Crippen LogP contribution in [0.1, 0.15) is 25.7 Å². The lowest BCUT2D eigenvalue weighted by Gasteiger charge is -2.39. The summed E-state index contributed by atoms with van der Waals surface area (Å²) in [5, 5.41) is 11.7. The normalized spacial score (nSPS) is 23.9. The number of carboxylic acid groups (broad SMARTS) is 1. The Morgan fingerprint density at radius 3 is 2.67 bits per heavy atom. The molecule has 2 aliphatic heterocycles. The van der Waals surface area contributed by atoms with E-state index in [1.54, 1.807) is 0 Å². The summed E-state index contributed by atoms with van der Waals surface area (Å²) in [6.07, 6.45) is 6.77. The third-order valence-corrected chi connectivity index (χ3v) is 8.55. The SMILES string of the molecule is C[Si](C)(C)CCOCn1cc(I)c2ncc(N3[C@@H]4CC[C@H]3CC(NC(=O)O)C4)nc21. The number of nitrogens with one attached hydrogen (secondary N) is 1. The second kappa shape index (κ2) is 8.62. The number of ether oxygens (including phenoxy) is 1. The van der Waals surface area contributed by atoms with Crippen LogP contribution in [0.15, 0.2) is 12.4 Å². The Bertz CT molecular complexity index is 917. The fraction of sp³-hybridized carbons (Fsp3) is 0.650. The van der Waals surface area contributed by atoms with E-state index in [9.17, 15) is 4.79 Å². The molecule has 0 aromatic carbocycles. The average Bonchev–Trinajstić information content (AvgIpc) is 3.11. The molecular formula is C20H30IN5O3Si. The predicted octanol–water partition coefficient (Wildman–Crippen LogP) is 4.12. The van der Waals surface area contributed by atoms with E-state index >= 15 is 0 Å². The molecule has 4 heterocycles. The van der Waals surface area contributed by atoms with E-state index in [0.29, 0.717) is 18.8 Å². The monoisotopic (exact) mass is 543 g/mol. The van der Waals surface area contributed by atoms with Gasteiger partial charge in [-0.05, 0) is 54.3 Å². The minimum absolute atomic E-state index is 0.0255. The van der Waals surface area contributed by atoms with Crippen molar-refractivity contribution in [1.29, 1.82) is 0 Å². The second-order valence-electron chi connectivity index (χ2n) is 9.61. The van der Waals surface area contributed by atoms with Gasteiger partial charge >= 0.3 is 6.09 Å². The molecular weight excluding hydrogens is 513 g/mol. The molecule has 1 amide bonds. The molecule has 1 unspecified atom stereocenters. The maximum atomic E-state index is 11.0. The van der Waals surface area contributed by atoms with Crippen LogP contribution >= 0.6 is 22.6 Å². The first-order valence-electron chi connectivity index (χ1n) is 10.6. The highest BCUT2D eigenvalue weighted by Crippen LogP contribution is 2.39. The van der Waals surface area contributed by atoms with Crippen LogP contribution in [0.25, 0.3) is 11.2 Å². The number of hydrogen-bond donors (Lipinski definition) is 2. The lowest BCUT2D eigenvalue weighted by Crippen LogP contribution is -2.50. The van der Waals surface area contributed by atoms with Crippen molar-refractivity contribution in [2.45, 2.75) is 76.2 Å². The van der Waals surface area contributed by atoms with Crippen LogP contribution in [0, 0.1) is 3.57 Å². The van der Waals surface area contributed by atoms with Gasteiger partial charge in [0.25, 0.3) is 0 Å². The van der Waals surface area contributed by atoms with Crippen molar-refractivity contribution in [3.8, 4) is 0 Å². The van der Waals surface area contributed by atoms with Gasteiger partial charge < -0.3 is 24.6 Å². The molecule has 2 bridgehead atoms. The number of rotatable bonds is 7. The van der Waals surface area contributed by atoms with E-state index in [-0.39, 0.29) is 6.04 Å². The fourth-order valence-electron chi connectivity index (χ4n) is 4.61. The molecule has 8 nitrogen and oxygen atoms in total. The molecule has 0 aliphatic carbocycles. The second-order valence-corrected chi connectivity index (χ2v) is 16.4. The summed E-state index contributed by atoms with van der Waals surface area (Å²) in [6.45, 7) is 8.32. The highest BCUT2D eigenvalue weighted by Gasteiger charge is 2.42. The van der Waals surface area contributed by atoms with Crippen molar-refractivity contribution in [1.82, 2.24) is 19.9 Å². The first kappa shape index (κ1) is 21.8. The molecule has 2 aliphatic rings. The van der Waals surface area contributed by atoms with Gasteiger partial charge in [0.1, 0.15) is 18.1 Å². The van der Waals surface area contributed by atoms with Gasteiger partial charge in [0.15, 0.2) is 5.65 Å². The van der Waals surface area contributed by atoms with Crippen LogP contribution in [0.2, 0.25) is 25.7 Å². The summed E-state index contributed by atoms with van der Waals surface area (Å²) in [4.78, 5) is 23.1. The van der Waals surface area contributed by atoms with E-state index < -0.39 is 14.2 Å². The van der Waals surface area contributed by atoms with E-state index in [1.807, 2.05) is 6.20 Å². The van der Waals surface area contributed by atoms with Crippen LogP contribution in [0.4, 0.5) is 10.6 Å². The number of carbonyl (C=O) groups is 1. The number of piperidine rings is 1. The summed E-state index contributed by atoms with van der Waals surface area (Å²) >= 11 is 2.30. The maximum absolute atomic E-state index is 11.0. The minimum Gasteiger partial charge on any atom is -0.465 e. The van der Waals surface area contributed by atoms with Crippen LogP contribution in [-0.4, -0.2) is 58.5 Å². The standard InChI is InChI=1S/C20H30IN5O3Si/c1-30(2,3)7-6-29-12-25-11-16(21)18-19(25)24-17(10-22-18)26-14-4-5-15(26)9-13(8-14)23-20(27)28/h10-11,13-15,23H,4-9,12H2,1-3H3,(H,27,28)/t13?,14-,15+. The smallest absolute Gasteiger partial charge is 0.404 e. The van der Waals surface area contributed by atoms with Gasteiger partial charge in [0, 0.05) is 39.0 Å². The highest BCUT2D eigenvalue weighted by atomic mass is 127. The minimum atomic E-state index is -1.11. The number of anilines is 1. The molecule has 3 atom stereocenters. The van der Waals surface area contributed by atoms with Crippen molar-refractivity contribution in [3.63, 3.8) is 0 Å². The van der Waals surface area contributed by atoms with E-state index in [2.05, 4.69) is 63.2 Å². The molecule has 30 heavy (non-hydrogen) atoms. The summed E-state index contributed by atoms with van der Waals surface area (Å²) in [5.41, 5.74) is 1.76. The van der Waals surface area contributed by atoms with Gasteiger partial charge in [0.2, 0.25) is 0 Å². The molecule has 0 saturated carbocycles. The van der Waals surface area contributed by atoms with Crippen LogP contribution in [-0.2, 0) is 11.5 Å². The van der Waals surface area contributed by atoms with Gasteiger partial charge in [0.05, 0.1) is 9.77 Å². The molecule has 0 spiro atoms. The lowest BCUT2D eigenvalue weighted by molar-refractivity contribution is 0.0898. The zero-order chi connectivity index (χ0) is 21.5. The van der Waals surface area contributed by atoms with E-state index in [1.165, 1.54) is 0 Å². The summed E-state index contributed by atoms with van der Waals surface area (Å²) in [5.74, 6) is 0.890. The van der Waals surface area contributed by atoms with Crippen LogP contribution < -0.4 is 10.2 Å². The summed E-state index contributed by atoms with van der Waals surface area (Å²) in [7, 11) is -1.11. The van der Waals surface area contributed by atoms with Gasteiger partial charge in [-0.2, -0.15) is 0 Å². The highest BCUT2D eigenvalue weighted by molar-refractivity contribution is 14.1. The zero-order valence-electron chi connectivity index (χ0n) is 17.8. The van der Waals surface area contributed by atoms with Gasteiger partial charge in [-0.3, -0.25) is 0 Å². The van der Waals surface area contributed by atoms with Gasteiger partial charge in [-0.15, -0.1) is 0 Å². The van der Waals surface area contributed by atoms with E-state index in [4.69, 9.17) is 19.8 Å². The Kier molecular flexibility index (Phi) is 6.27.